The van der Waals surface area contributed by atoms with Crippen LogP contribution in [0.4, 0.5) is 0 Å². The van der Waals surface area contributed by atoms with Crippen LogP contribution in [0.3, 0.4) is 0 Å². The summed E-state index contributed by atoms with van der Waals surface area (Å²) in [4.78, 5) is 20.8. The maximum atomic E-state index is 9.10. The topological polar surface area (TPSA) is 87.1 Å². The van der Waals surface area contributed by atoms with Gasteiger partial charge >= 0.3 is 11.9 Å². The quantitative estimate of drug-likeness (QED) is 0.564. The van der Waals surface area contributed by atoms with Crippen LogP contribution >= 0.6 is 0 Å². The molecule has 0 aromatic heterocycles. The van der Waals surface area contributed by atoms with Gasteiger partial charge in [0.25, 0.3) is 0 Å². The molecule has 2 aromatic carbocycles. The zero-order valence-corrected chi connectivity index (χ0v) is 16.8. The van der Waals surface area contributed by atoms with E-state index in [1.165, 1.54) is 37.1 Å². The molecule has 0 atom stereocenters. The Morgan fingerprint density at radius 3 is 2.17 bits per heavy atom. The van der Waals surface area contributed by atoms with Gasteiger partial charge in [-0.25, -0.2) is 9.59 Å². The first-order valence-electron chi connectivity index (χ1n) is 9.93. The molecule has 6 nitrogen and oxygen atoms in total. The van der Waals surface area contributed by atoms with Gasteiger partial charge in [-0.2, -0.15) is 0 Å². The first-order chi connectivity index (χ1) is 14.0. The third-order valence-electron chi connectivity index (χ3n) is 4.91. The van der Waals surface area contributed by atoms with E-state index in [1.807, 2.05) is 12.1 Å². The lowest BCUT2D eigenvalue weighted by Gasteiger charge is -2.30. The van der Waals surface area contributed by atoms with E-state index in [9.17, 15) is 0 Å². The van der Waals surface area contributed by atoms with Crippen molar-refractivity contribution in [1.29, 1.82) is 0 Å². The fraction of sp³-hybridized carbons (Fsp3) is 0.391. The lowest BCUT2D eigenvalue weighted by Crippen LogP contribution is -2.34. The van der Waals surface area contributed by atoms with E-state index in [1.54, 1.807) is 0 Å². The van der Waals surface area contributed by atoms with Gasteiger partial charge in [0.05, 0.1) is 6.61 Å². The molecule has 0 amide bonds. The number of piperidine rings is 1. The van der Waals surface area contributed by atoms with Gasteiger partial charge in [0.15, 0.2) is 0 Å². The van der Waals surface area contributed by atoms with Crippen molar-refractivity contribution in [3.05, 3.63) is 54.6 Å². The summed E-state index contributed by atoms with van der Waals surface area (Å²) in [5.74, 6) is -1.75. The molecule has 0 bridgehead atoms. The molecule has 156 valence electrons. The number of nitrogens with zero attached hydrogens (tertiary/aromatic N) is 1. The number of hydrogen-bond acceptors (Lipinski definition) is 4. The van der Waals surface area contributed by atoms with E-state index in [0.717, 1.165) is 31.2 Å². The molecule has 1 fully saturated rings. The lowest BCUT2D eigenvalue weighted by atomic mass is 9.99. The summed E-state index contributed by atoms with van der Waals surface area (Å²) < 4.78 is 6.08. The molecule has 0 saturated carbocycles. The molecule has 0 unspecified atom stereocenters. The van der Waals surface area contributed by atoms with E-state index in [-0.39, 0.29) is 0 Å². The van der Waals surface area contributed by atoms with Crippen molar-refractivity contribution in [3.8, 4) is 16.9 Å². The average molecular weight is 399 g/mol. The molecule has 1 heterocycles. The predicted molar refractivity (Wildman–Crippen MR) is 112 cm³/mol. The fourth-order valence-corrected chi connectivity index (χ4v) is 3.20. The number of ether oxygens (including phenoxy) is 1. The normalized spacial score (nSPS) is 14.5. The standard InChI is InChI=1S/C21H27NO.C2H2O4/c1-18-12-15-22(16-13-18)14-7-17-23-21-11-6-5-10-20(21)19-8-3-2-4-9-19;3-1(4)2(5)6/h2-6,8-11,18H,7,12-17H2,1H3;(H,3,4)(H,5,6). The second-order valence-corrected chi connectivity index (χ2v) is 7.20. The Kier molecular flexibility index (Phi) is 9.18. The Morgan fingerprint density at radius 1 is 0.966 bits per heavy atom. The highest BCUT2D eigenvalue weighted by Gasteiger charge is 2.15. The second-order valence-electron chi connectivity index (χ2n) is 7.20. The van der Waals surface area contributed by atoms with Crippen LogP contribution in [-0.2, 0) is 9.59 Å². The van der Waals surface area contributed by atoms with Gasteiger partial charge < -0.3 is 19.8 Å². The van der Waals surface area contributed by atoms with Crippen LogP contribution in [0.5, 0.6) is 5.75 Å². The molecular formula is C23H29NO5. The van der Waals surface area contributed by atoms with E-state index >= 15 is 0 Å². The van der Waals surface area contributed by atoms with Crippen molar-refractivity contribution < 1.29 is 24.5 Å². The minimum atomic E-state index is -1.82. The van der Waals surface area contributed by atoms with Crippen LogP contribution in [0, 0.1) is 5.92 Å². The highest BCUT2D eigenvalue weighted by Crippen LogP contribution is 2.29. The number of benzene rings is 2. The van der Waals surface area contributed by atoms with Crippen molar-refractivity contribution in [2.75, 3.05) is 26.2 Å². The molecule has 0 spiro atoms. The van der Waals surface area contributed by atoms with Crippen molar-refractivity contribution in [3.63, 3.8) is 0 Å². The van der Waals surface area contributed by atoms with Crippen LogP contribution in [0.2, 0.25) is 0 Å². The van der Waals surface area contributed by atoms with Crippen LogP contribution in [0.25, 0.3) is 11.1 Å². The number of carboxylic acid groups (broad SMARTS) is 2. The number of carbonyl (C=O) groups is 2. The summed E-state index contributed by atoms with van der Waals surface area (Å²) in [6.45, 7) is 6.81. The second kappa shape index (κ2) is 11.9. The molecule has 0 aliphatic carbocycles. The Labute approximate surface area is 171 Å². The summed E-state index contributed by atoms with van der Waals surface area (Å²) >= 11 is 0. The average Bonchev–Trinajstić information content (AvgIpc) is 2.74. The Hall–Kier alpha value is -2.86. The number of aliphatic carboxylic acids is 2. The molecule has 3 rings (SSSR count). The molecule has 2 N–H and O–H groups in total. The molecule has 1 aliphatic heterocycles. The number of likely N-dealkylation sites (tertiary alicyclic amines) is 1. The maximum absolute atomic E-state index is 9.10. The first-order valence-corrected chi connectivity index (χ1v) is 9.93. The third-order valence-corrected chi connectivity index (χ3v) is 4.91. The Bertz CT molecular complexity index is 758. The zero-order valence-electron chi connectivity index (χ0n) is 16.8. The van der Waals surface area contributed by atoms with E-state index < -0.39 is 11.9 Å². The monoisotopic (exact) mass is 399 g/mol. The molecule has 29 heavy (non-hydrogen) atoms. The van der Waals surface area contributed by atoms with Gasteiger partial charge in [-0.3, -0.25) is 0 Å². The molecule has 1 saturated heterocycles. The highest BCUT2D eigenvalue weighted by atomic mass is 16.5. The largest absolute Gasteiger partial charge is 0.493 e. The SMILES string of the molecule is CC1CCN(CCCOc2ccccc2-c2ccccc2)CC1.O=C(O)C(=O)O. The molecule has 1 aliphatic rings. The number of rotatable bonds is 6. The minimum Gasteiger partial charge on any atom is -0.493 e. The van der Waals surface area contributed by atoms with Gasteiger partial charge in [0.2, 0.25) is 0 Å². The lowest BCUT2D eigenvalue weighted by molar-refractivity contribution is -0.159. The minimum absolute atomic E-state index is 0.788. The smallest absolute Gasteiger partial charge is 0.414 e. The predicted octanol–water partition coefficient (Wildman–Crippen LogP) is 4.01. The maximum Gasteiger partial charge on any atom is 0.414 e. The number of carboxylic acids is 2. The van der Waals surface area contributed by atoms with Crippen LogP contribution < -0.4 is 4.74 Å². The van der Waals surface area contributed by atoms with Gasteiger partial charge in [-0.1, -0.05) is 55.5 Å². The van der Waals surface area contributed by atoms with Gasteiger partial charge in [-0.05, 0) is 49.9 Å². The molecule has 0 radical (unpaired) electrons. The summed E-state index contributed by atoms with van der Waals surface area (Å²) in [7, 11) is 0. The van der Waals surface area contributed by atoms with Gasteiger partial charge in [0, 0.05) is 12.1 Å². The summed E-state index contributed by atoms with van der Waals surface area (Å²) in [6, 6.07) is 18.8. The molecule has 6 heteroatoms. The van der Waals surface area contributed by atoms with E-state index in [0.29, 0.717) is 0 Å². The van der Waals surface area contributed by atoms with E-state index in [2.05, 4.69) is 54.3 Å². The third kappa shape index (κ3) is 7.95. The first kappa shape index (κ1) is 22.4. The Balaban J connectivity index is 0.000000438. The summed E-state index contributed by atoms with van der Waals surface area (Å²) in [5, 5.41) is 14.8. The fourth-order valence-electron chi connectivity index (χ4n) is 3.20. The highest BCUT2D eigenvalue weighted by molar-refractivity contribution is 6.27. The van der Waals surface area contributed by atoms with Gasteiger partial charge in [-0.15, -0.1) is 0 Å². The van der Waals surface area contributed by atoms with Crippen LogP contribution in [0.15, 0.2) is 54.6 Å². The van der Waals surface area contributed by atoms with Gasteiger partial charge in [0.1, 0.15) is 5.75 Å². The summed E-state index contributed by atoms with van der Waals surface area (Å²) in [5.41, 5.74) is 2.40. The van der Waals surface area contributed by atoms with Crippen molar-refractivity contribution in [1.82, 2.24) is 4.90 Å². The number of hydrogen-bond donors (Lipinski definition) is 2. The zero-order chi connectivity index (χ0) is 21.1. The van der Waals surface area contributed by atoms with Crippen LogP contribution in [-0.4, -0.2) is 53.3 Å². The van der Waals surface area contributed by atoms with Crippen molar-refractivity contribution in [2.45, 2.75) is 26.2 Å². The number of para-hydroxylation sites is 1. The van der Waals surface area contributed by atoms with Crippen molar-refractivity contribution >= 4 is 11.9 Å². The Morgan fingerprint density at radius 2 is 1.55 bits per heavy atom. The summed E-state index contributed by atoms with van der Waals surface area (Å²) in [6.07, 6.45) is 3.78. The van der Waals surface area contributed by atoms with Crippen LogP contribution in [0.1, 0.15) is 26.2 Å². The van der Waals surface area contributed by atoms with E-state index in [4.69, 9.17) is 24.5 Å². The van der Waals surface area contributed by atoms with Crippen molar-refractivity contribution in [2.24, 2.45) is 5.92 Å². The molecule has 2 aromatic rings. The molecular weight excluding hydrogens is 370 g/mol.